The summed E-state index contributed by atoms with van der Waals surface area (Å²) in [7, 11) is 0. The second-order valence-electron chi connectivity index (χ2n) is 5.61. The van der Waals surface area contributed by atoms with Crippen molar-refractivity contribution in [1.82, 2.24) is 5.32 Å². The van der Waals surface area contributed by atoms with E-state index in [0.29, 0.717) is 0 Å². The number of fused-ring (bicyclic) bond motifs is 1. The van der Waals surface area contributed by atoms with Crippen LogP contribution in [0.2, 0.25) is 0 Å². The van der Waals surface area contributed by atoms with Gasteiger partial charge in [-0.15, -0.1) is 0 Å². The van der Waals surface area contributed by atoms with Crippen molar-refractivity contribution in [3.05, 3.63) is 34.5 Å². The van der Waals surface area contributed by atoms with Crippen molar-refractivity contribution in [3.63, 3.8) is 0 Å². The number of furan rings is 1. The van der Waals surface area contributed by atoms with Gasteiger partial charge in [-0.25, -0.2) is 0 Å². The van der Waals surface area contributed by atoms with E-state index in [-0.39, 0.29) is 6.61 Å². The van der Waals surface area contributed by atoms with Crippen molar-refractivity contribution < 1.29 is 9.52 Å². The Morgan fingerprint density at radius 1 is 1.42 bits per heavy atom. The molecule has 2 N–H and O–H groups in total. The normalized spacial score (nSPS) is 18.7. The number of benzene rings is 1. The van der Waals surface area contributed by atoms with E-state index in [4.69, 9.17) is 4.42 Å². The SMILES string of the molecule is CC(CO)(NCC1CC1)c1cc2cc(Br)ccc2o1. The minimum absolute atomic E-state index is 0.0285. The third-order valence-electron chi connectivity index (χ3n) is 3.82. The Hall–Kier alpha value is -0.840. The standard InChI is InChI=1S/C15H18BrNO2/c1-15(9-18,17-8-10-2-3-10)14-7-11-6-12(16)4-5-13(11)19-14/h4-7,10,17-18H,2-3,8-9H2,1H3. The van der Waals surface area contributed by atoms with Crippen LogP contribution in [0.25, 0.3) is 11.0 Å². The molecule has 1 aliphatic carbocycles. The first-order chi connectivity index (χ1) is 9.10. The molecule has 3 nitrogen and oxygen atoms in total. The summed E-state index contributed by atoms with van der Waals surface area (Å²) in [5.41, 5.74) is 0.347. The molecule has 1 aromatic carbocycles. The fraction of sp³-hybridized carbons (Fsp3) is 0.467. The zero-order valence-corrected chi connectivity index (χ0v) is 12.5. The lowest BCUT2D eigenvalue weighted by Crippen LogP contribution is -2.43. The smallest absolute Gasteiger partial charge is 0.134 e. The molecule has 0 amide bonds. The molecule has 1 saturated carbocycles. The van der Waals surface area contributed by atoms with E-state index in [0.717, 1.165) is 33.7 Å². The molecule has 0 radical (unpaired) electrons. The monoisotopic (exact) mass is 323 g/mol. The summed E-state index contributed by atoms with van der Waals surface area (Å²) < 4.78 is 6.92. The summed E-state index contributed by atoms with van der Waals surface area (Å²) in [6.45, 7) is 2.96. The topological polar surface area (TPSA) is 45.4 Å². The Morgan fingerprint density at radius 2 is 2.21 bits per heavy atom. The van der Waals surface area contributed by atoms with E-state index >= 15 is 0 Å². The Kier molecular flexibility index (Phi) is 3.41. The molecule has 19 heavy (non-hydrogen) atoms. The molecule has 2 aromatic rings. The number of halogens is 1. The quantitative estimate of drug-likeness (QED) is 0.886. The van der Waals surface area contributed by atoms with Crippen molar-refractivity contribution in [3.8, 4) is 0 Å². The molecule has 0 saturated heterocycles. The van der Waals surface area contributed by atoms with Crippen LogP contribution in [0, 0.1) is 5.92 Å². The fourth-order valence-corrected chi connectivity index (χ4v) is 2.58. The lowest BCUT2D eigenvalue weighted by Gasteiger charge is -2.26. The van der Waals surface area contributed by atoms with Gasteiger partial charge >= 0.3 is 0 Å². The highest BCUT2D eigenvalue weighted by Gasteiger charge is 2.32. The molecule has 1 aromatic heterocycles. The highest BCUT2D eigenvalue weighted by Crippen LogP contribution is 2.32. The van der Waals surface area contributed by atoms with Crippen LogP contribution < -0.4 is 5.32 Å². The van der Waals surface area contributed by atoms with Gasteiger partial charge < -0.3 is 14.8 Å². The summed E-state index contributed by atoms with van der Waals surface area (Å²) in [5.74, 6) is 1.56. The molecule has 3 rings (SSSR count). The van der Waals surface area contributed by atoms with Crippen LogP contribution in [-0.2, 0) is 5.54 Å². The molecule has 102 valence electrons. The molecule has 1 unspecified atom stereocenters. The van der Waals surface area contributed by atoms with Gasteiger partial charge in [-0.2, -0.15) is 0 Å². The van der Waals surface area contributed by atoms with Crippen LogP contribution in [0.5, 0.6) is 0 Å². The van der Waals surface area contributed by atoms with E-state index in [9.17, 15) is 5.11 Å². The van der Waals surface area contributed by atoms with Gasteiger partial charge in [0.05, 0.1) is 12.1 Å². The van der Waals surface area contributed by atoms with E-state index < -0.39 is 5.54 Å². The molecule has 0 spiro atoms. The summed E-state index contributed by atoms with van der Waals surface area (Å²) in [5, 5.41) is 14.2. The van der Waals surface area contributed by atoms with Crippen molar-refractivity contribution in [1.29, 1.82) is 0 Å². The second-order valence-corrected chi connectivity index (χ2v) is 6.52. The third-order valence-corrected chi connectivity index (χ3v) is 4.31. The molecular weight excluding hydrogens is 306 g/mol. The largest absolute Gasteiger partial charge is 0.459 e. The van der Waals surface area contributed by atoms with Gasteiger partial charge in [0.1, 0.15) is 11.3 Å². The number of aliphatic hydroxyl groups excluding tert-OH is 1. The van der Waals surface area contributed by atoms with Crippen LogP contribution in [0.1, 0.15) is 25.5 Å². The maximum Gasteiger partial charge on any atom is 0.134 e. The number of hydrogen-bond donors (Lipinski definition) is 2. The number of rotatable bonds is 5. The summed E-state index contributed by atoms with van der Waals surface area (Å²) >= 11 is 3.46. The molecule has 1 atom stereocenters. The lowest BCUT2D eigenvalue weighted by molar-refractivity contribution is 0.153. The van der Waals surface area contributed by atoms with Gasteiger partial charge in [-0.3, -0.25) is 0 Å². The summed E-state index contributed by atoms with van der Waals surface area (Å²) in [4.78, 5) is 0. The average Bonchev–Trinajstić information content (AvgIpc) is 3.14. The third kappa shape index (κ3) is 2.71. The van der Waals surface area contributed by atoms with Crippen LogP contribution in [0.4, 0.5) is 0 Å². The highest BCUT2D eigenvalue weighted by molar-refractivity contribution is 9.10. The van der Waals surface area contributed by atoms with Crippen molar-refractivity contribution in [2.24, 2.45) is 5.92 Å². The van der Waals surface area contributed by atoms with E-state index in [1.165, 1.54) is 12.8 Å². The minimum Gasteiger partial charge on any atom is -0.459 e. The van der Waals surface area contributed by atoms with Gasteiger partial charge in [-0.1, -0.05) is 15.9 Å². The van der Waals surface area contributed by atoms with E-state index in [1.54, 1.807) is 0 Å². The predicted octanol–water partition coefficient (Wildman–Crippen LogP) is 3.40. The fourth-order valence-electron chi connectivity index (χ4n) is 2.20. The van der Waals surface area contributed by atoms with Gasteiger partial charge in [0, 0.05) is 9.86 Å². The zero-order valence-electron chi connectivity index (χ0n) is 10.9. The Labute approximate surface area is 121 Å². The number of aliphatic hydroxyl groups is 1. The first-order valence-electron chi connectivity index (χ1n) is 6.66. The predicted molar refractivity (Wildman–Crippen MR) is 79.1 cm³/mol. The van der Waals surface area contributed by atoms with Gasteiger partial charge in [-0.05, 0) is 56.5 Å². The molecule has 0 bridgehead atoms. The first-order valence-corrected chi connectivity index (χ1v) is 7.45. The Bertz CT molecular complexity index is 591. The molecule has 1 fully saturated rings. The van der Waals surface area contributed by atoms with E-state index in [2.05, 4.69) is 21.2 Å². The average molecular weight is 324 g/mol. The Balaban J connectivity index is 1.90. The van der Waals surface area contributed by atoms with Crippen molar-refractivity contribution in [2.75, 3.05) is 13.2 Å². The number of nitrogens with one attached hydrogen (secondary N) is 1. The van der Waals surface area contributed by atoms with Gasteiger partial charge in [0.25, 0.3) is 0 Å². The molecule has 0 aliphatic heterocycles. The lowest BCUT2D eigenvalue weighted by atomic mass is 9.99. The van der Waals surface area contributed by atoms with Crippen molar-refractivity contribution >= 4 is 26.9 Å². The minimum atomic E-state index is -0.506. The highest BCUT2D eigenvalue weighted by atomic mass is 79.9. The van der Waals surface area contributed by atoms with Gasteiger partial charge in [0.15, 0.2) is 0 Å². The Morgan fingerprint density at radius 3 is 2.89 bits per heavy atom. The first kappa shape index (κ1) is 13.2. The van der Waals surface area contributed by atoms with Crippen LogP contribution in [0.3, 0.4) is 0 Å². The second kappa shape index (κ2) is 4.93. The maximum absolute atomic E-state index is 9.72. The number of hydrogen-bond acceptors (Lipinski definition) is 3. The molecule has 1 aliphatic rings. The molecule has 4 heteroatoms. The zero-order chi connectivity index (χ0) is 13.5. The maximum atomic E-state index is 9.72. The molecule has 1 heterocycles. The van der Waals surface area contributed by atoms with Crippen LogP contribution in [0.15, 0.2) is 33.2 Å². The van der Waals surface area contributed by atoms with Crippen LogP contribution >= 0.6 is 15.9 Å². The van der Waals surface area contributed by atoms with Gasteiger partial charge in [0.2, 0.25) is 0 Å². The summed E-state index contributed by atoms with van der Waals surface area (Å²) in [6, 6.07) is 7.95. The van der Waals surface area contributed by atoms with E-state index in [1.807, 2.05) is 31.2 Å². The van der Waals surface area contributed by atoms with Crippen LogP contribution in [-0.4, -0.2) is 18.3 Å². The summed E-state index contributed by atoms with van der Waals surface area (Å²) in [6.07, 6.45) is 2.59. The van der Waals surface area contributed by atoms with Crippen molar-refractivity contribution in [2.45, 2.75) is 25.3 Å². The molecular formula is C15H18BrNO2.